The number of nitriles is 1. The van der Waals surface area contributed by atoms with Crippen LogP contribution < -0.4 is 10.1 Å². The van der Waals surface area contributed by atoms with Gasteiger partial charge in [-0.2, -0.15) is 10.4 Å². The van der Waals surface area contributed by atoms with Crippen LogP contribution in [0.4, 0.5) is 5.69 Å². The molecule has 0 aliphatic rings. The lowest BCUT2D eigenvalue weighted by Crippen LogP contribution is -2.17. The zero-order valence-corrected chi connectivity index (χ0v) is 17.1. The minimum atomic E-state index is -0.572. The van der Waals surface area contributed by atoms with E-state index in [4.69, 9.17) is 14.7 Å². The van der Waals surface area contributed by atoms with Gasteiger partial charge in [0.15, 0.2) is 5.65 Å². The van der Waals surface area contributed by atoms with Crippen molar-refractivity contribution in [2.45, 2.75) is 26.7 Å². The fourth-order valence-corrected chi connectivity index (χ4v) is 3.24. The van der Waals surface area contributed by atoms with Crippen molar-refractivity contribution in [3.05, 3.63) is 52.5 Å². The fraction of sp³-hybridized carbons (Fsp3) is 0.286. The molecular formula is C21H21N5O4. The Morgan fingerprint density at radius 2 is 2.03 bits per heavy atom. The van der Waals surface area contributed by atoms with Crippen LogP contribution >= 0.6 is 0 Å². The van der Waals surface area contributed by atoms with Crippen LogP contribution in [0.1, 0.15) is 39.3 Å². The molecule has 0 fully saturated rings. The summed E-state index contributed by atoms with van der Waals surface area (Å²) in [5.41, 5.74) is 3.91. The average molecular weight is 407 g/mol. The maximum absolute atomic E-state index is 12.6. The molecule has 1 N–H and O–H groups in total. The van der Waals surface area contributed by atoms with Crippen LogP contribution in [0.25, 0.3) is 5.65 Å². The average Bonchev–Trinajstić information content (AvgIpc) is 3.16. The lowest BCUT2D eigenvalue weighted by atomic mass is 10.1. The van der Waals surface area contributed by atoms with Crippen LogP contribution in [0, 0.1) is 25.2 Å². The van der Waals surface area contributed by atoms with E-state index in [-0.39, 0.29) is 17.9 Å². The molecular weight excluding hydrogens is 386 g/mol. The summed E-state index contributed by atoms with van der Waals surface area (Å²) < 4.78 is 11.5. The number of nitrogens with zero attached hydrogens (tertiary/aromatic N) is 4. The van der Waals surface area contributed by atoms with E-state index in [2.05, 4.69) is 21.5 Å². The number of benzene rings is 1. The van der Waals surface area contributed by atoms with E-state index in [0.29, 0.717) is 29.1 Å². The van der Waals surface area contributed by atoms with Gasteiger partial charge in [-0.3, -0.25) is 4.79 Å². The van der Waals surface area contributed by atoms with Gasteiger partial charge < -0.3 is 14.8 Å². The summed E-state index contributed by atoms with van der Waals surface area (Å²) in [7, 11) is 2.76. The Balaban J connectivity index is 1.79. The van der Waals surface area contributed by atoms with Gasteiger partial charge >= 0.3 is 5.97 Å². The molecule has 1 amide bonds. The number of esters is 1. The molecule has 0 unspecified atom stereocenters. The number of methoxy groups -OCH3 is 2. The summed E-state index contributed by atoms with van der Waals surface area (Å²) in [5.74, 6) is -0.352. The standard InChI is InChI=1S/C21H21N5O4/c1-12-16(13(2)26-20(24-12)14(10-22)11-23-26)6-8-19(27)25-18-7-5-15(29-3)9-17(18)21(28)30-4/h5,7,9,11H,6,8H2,1-4H3,(H,25,27). The Hall–Kier alpha value is -3.93. The summed E-state index contributed by atoms with van der Waals surface area (Å²) in [6.07, 6.45) is 2.08. The Labute approximate surface area is 173 Å². The topological polar surface area (TPSA) is 119 Å². The smallest absolute Gasteiger partial charge is 0.340 e. The van der Waals surface area contributed by atoms with Crippen molar-refractivity contribution < 1.29 is 19.1 Å². The molecule has 0 spiro atoms. The van der Waals surface area contributed by atoms with Gasteiger partial charge in [-0.25, -0.2) is 14.3 Å². The van der Waals surface area contributed by atoms with Crippen LogP contribution in [-0.2, 0) is 16.0 Å². The molecule has 2 heterocycles. The summed E-state index contributed by atoms with van der Waals surface area (Å²) in [4.78, 5) is 29.1. The Morgan fingerprint density at radius 3 is 2.70 bits per heavy atom. The van der Waals surface area contributed by atoms with E-state index in [0.717, 1.165) is 17.0 Å². The number of carbonyl (C=O) groups excluding carboxylic acids is 2. The number of carbonyl (C=O) groups is 2. The number of anilines is 1. The predicted octanol–water partition coefficient (Wildman–Crippen LogP) is 2.58. The molecule has 0 atom stereocenters. The highest BCUT2D eigenvalue weighted by Gasteiger charge is 2.17. The molecule has 0 saturated heterocycles. The second-order valence-electron chi connectivity index (χ2n) is 6.62. The summed E-state index contributed by atoms with van der Waals surface area (Å²) >= 11 is 0. The first-order valence-electron chi connectivity index (χ1n) is 9.19. The van der Waals surface area contributed by atoms with Gasteiger partial charge in [-0.05, 0) is 44.0 Å². The fourth-order valence-electron chi connectivity index (χ4n) is 3.24. The van der Waals surface area contributed by atoms with Gasteiger partial charge in [0.25, 0.3) is 0 Å². The van der Waals surface area contributed by atoms with Crippen molar-refractivity contribution in [3.8, 4) is 11.8 Å². The number of aryl methyl sites for hydroxylation is 2. The first kappa shape index (κ1) is 20.8. The van der Waals surface area contributed by atoms with Crippen molar-refractivity contribution in [3.63, 3.8) is 0 Å². The Bertz CT molecular complexity index is 1180. The molecule has 0 radical (unpaired) electrons. The minimum Gasteiger partial charge on any atom is -0.497 e. The molecule has 3 aromatic rings. The van der Waals surface area contributed by atoms with Crippen molar-refractivity contribution in [1.82, 2.24) is 14.6 Å². The second kappa shape index (κ2) is 8.61. The van der Waals surface area contributed by atoms with Crippen LogP contribution in [-0.4, -0.2) is 40.7 Å². The first-order valence-corrected chi connectivity index (χ1v) is 9.19. The highest BCUT2D eigenvalue weighted by molar-refractivity contribution is 6.01. The van der Waals surface area contributed by atoms with Crippen LogP contribution in [0.5, 0.6) is 5.75 Å². The van der Waals surface area contributed by atoms with Gasteiger partial charge in [0.1, 0.15) is 17.4 Å². The van der Waals surface area contributed by atoms with Gasteiger partial charge in [-0.15, -0.1) is 0 Å². The molecule has 30 heavy (non-hydrogen) atoms. The molecule has 0 saturated carbocycles. The summed E-state index contributed by atoms with van der Waals surface area (Å²) in [6.45, 7) is 3.72. The SMILES string of the molecule is COC(=O)c1cc(OC)ccc1NC(=O)CCc1c(C)nc2c(C#N)cnn2c1C. The third-order valence-corrected chi connectivity index (χ3v) is 4.84. The maximum atomic E-state index is 12.6. The van der Waals surface area contributed by atoms with E-state index in [1.54, 1.807) is 16.6 Å². The quantitative estimate of drug-likeness (QED) is 0.624. The third-order valence-electron chi connectivity index (χ3n) is 4.84. The molecule has 0 aliphatic carbocycles. The van der Waals surface area contributed by atoms with Gasteiger partial charge in [-0.1, -0.05) is 0 Å². The van der Waals surface area contributed by atoms with Crippen molar-refractivity contribution in [1.29, 1.82) is 5.26 Å². The van der Waals surface area contributed by atoms with Gasteiger partial charge in [0.2, 0.25) is 5.91 Å². The van der Waals surface area contributed by atoms with Crippen molar-refractivity contribution >= 4 is 23.2 Å². The number of fused-ring (bicyclic) bond motifs is 1. The Kier molecular flexibility index (Phi) is 5.97. The molecule has 154 valence electrons. The highest BCUT2D eigenvalue weighted by Crippen LogP contribution is 2.24. The van der Waals surface area contributed by atoms with E-state index in [1.165, 1.54) is 26.5 Å². The highest BCUT2D eigenvalue weighted by atomic mass is 16.5. The molecule has 0 bridgehead atoms. The lowest BCUT2D eigenvalue weighted by Gasteiger charge is -2.13. The molecule has 3 rings (SSSR count). The largest absolute Gasteiger partial charge is 0.497 e. The van der Waals surface area contributed by atoms with E-state index in [1.807, 2.05) is 13.8 Å². The summed E-state index contributed by atoms with van der Waals surface area (Å²) in [5, 5.41) is 16.1. The van der Waals surface area contributed by atoms with Crippen LogP contribution in [0.15, 0.2) is 24.4 Å². The first-order chi connectivity index (χ1) is 14.4. The van der Waals surface area contributed by atoms with Crippen LogP contribution in [0.3, 0.4) is 0 Å². The number of hydrogen-bond acceptors (Lipinski definition) is 7. The van der Waals surface area contributed by atoms with E-state index >= 15 is 0 Å². The normalized spacial score (nSPS) is 10.5. The van der Waals surface area contributed by atoms with Crippen molar-refractivity contribution in [2.75, 3.05) is 19.5 Å². The minimum absolute atomic E-state index is 0.174. The Morgan fingerprint density at radius 1 is 1.27 bits per heavy atom. The number of aromatic nitrogens is 3. The number of hydrogen-bond donors (Lipinski definition) is 1. The second-order valence-corrected chi connectivity index (χ2v) is 6.62. The zero-order chi connectivity index (χ0) is 21.8. The number of ether oxygens (including phenoxy) is 2. The van der Waals surface area contributed by atoms with Crippen molar-refractivity contribution in [2.24, 2.45) is 0 Å². The molecule has 9 heteroatoms. The van der Waals surface area contributed by atoms with Gasteiger partial charge in [0, 0.05) is 17.8 Å². The van der Waals surface area contributed by atoms with E-state index < -0.39 is 5.97 Å². The monoisotopic (exact) mass is 407 g/mol. The number of amides is 1. The van der Waals surface area contributed by atoms with Crippen LogP contribution in [0.2, 0.25) is 0 Å². The number of rotatable bonds is 6. The van der Waals surface area contributed by atoms with Gasteiger partial charge in [0.05, 0.1) is 31.7 Å². The number of nitrogens with one attached hydrogen (secondary N) is 1. The lowest BCUT2D eigenvalue weighted by molar-refractivity contribution is -0.116. The molecule has 2 aromatic heterocycles. The predicted molar refractivity (Wildman–Crippen MR) is 108 cm³/mol. The molecule has 1 aromatic carbocycles. The zero-order valence-electron chi connectivity index (χ0n) is 17.1. The molecule has 0 aliphatic heterocycles. The summed E-state index contributed by atoms with van der Waals surface area (Å²) in [6, 6.07) is 6.83. The molecule has 9 nitrogen and oxygen atoms in total. The van der Waals surface area contributed by atoms with E-state index in [9.17, 15) is 9.59 Å². The third kappa shape index (κ3) is 3.93. The maximum Gasteiger partial charge on any atom is 0.340 e.